The topological polar surface area (TPSA) is 86.5 Å². The number of aromatic nitrogens is 1. The fourth-order valence-corrected chi connectivity index (χ4v) is 5.99. The number of ether oxygens (including phenoxy) is 1. The van der Waals surface area contributed by atoms with Crippen molar-refractivity contribution in [3.63, 3.8) is 0 Å². The number of alkyl halides is 1. The molecule has 0 unspecified atom stereocenters. The molecule has 0 spiro atoms. The number of hydrogen-bond acceptors (Lipinski definition) is 6. The van der Waals surface area contributed by atoms with Crippen LogP contribution in [0.3, 0.4) is 0 Å². The first kappa shape index (κ1) is 26.9. The average Bonchev–Trinajstić information content (AvgIpc) is 2.93. The molecule has 1 aromatic heterocycles. The molecular weight excluding hydrogens is 489 g/mol. The maximum absolute atomic E-state index is 15.4. The van der Waals surface area contributed by atoms with Gasteiger partial charge in [-0.15, -0.1) is 11.8 Å². The Morgan fingerprint density at radius 1 is 1.32 bits per heavy atom. The van der Waals surface area contributed by atoms with Gasteiger partial charge in [-0.25, -0.2) is 4.39 Å². The molecule has 0 aliphatic carbocycles. The molecule has 0 saturated carbocycles. The van der Waals surface area contributed by atoms with Crippen LogP contribution in [0.2, 0.25) is 0 Å². The number of fused-ring (bicyclic) bond motifs is 1. The fourth-order valence-electron chi connectivity index (χ4n) is 5.09. The first-order valence-electron chi connectivity index (χ1n) is 12.6. The van der Waals surface area contributed by atoms with Crippen LogP contribution in [0.15, 0.2) is 59.6 Å². The minimum absolute atomic E-state index is 0.0438. The summed E-state index contributed by atoms with van der Waals surface area (Å²) < 4.78 is 20.7. The van der Waals surface area contributed by atoms with Crippen LogP contribution in [0, 0.1) is 23.2 Å². The Labute approximate surface area is 221 Å². The van der Waals surface area contributed by atoms with Crippen LogP contribution in [0.5, 0.6) is 5.75 Å². The third kappa shape index (κ3) is 7.00. The minimum Gasteiger partial charge on any atom is -0.497 e. The minimum atomic E-state index is -1.19. The molecule has 1 fully saturated rings. The number of likely N-dealkylation sites (tertiary alicyclic amines) is 1. The van der Waals surface area contributed by atoms with Crippen molar-refractivity contribution in [2.45, 2.75) is 36.8 Å². The molecule has 4 rings (SSSR count). The zero-order chi connectivity index (χ0) is 26.2. The summed E-state index contributed by atoms with van der Waals surface area (Å²) >= 11 is 1.71. The zero-order valence-electron chi connectivity index (χ0n) is 21.0. The van der Waals surface area contributed by atoms with Gasteiger partial charge in [0, 0.05) is 23.0 Å². The monoisotopic (exact) mass is 521 g/mol. The molecule has 0 amide bonds. The maximum Gasteiger partial charge on any atom is 0.308 e. The van der Waals surface area contributed by atoms with Gasteiger partial charge in [0.2, 0.25) is 0 Å². The smallest absolute Gasteiger partial charge is 0.308 e. The van der Waals surface area contributed by atoms with Crippen molar-refractivity contribution in [3.05, 3.63) is 65.9 Å². The predicted octanol–water partition coefficient (Wildman–Crippen LogP) is 6.11. The van der Waals surface area contributed by atoms with E-state index in [0.717, 1.165) is 42.0 Å². The Balaban J connectivity index is 1.29. The summed E-state index contributed by atoms with van der Waals surface area (Å²) in [5.74, 6) is 0.224. The van der Waals surface area contributed by atoms with E-state index in [0.29, 0.717) is 35.4 Å². The molecule has 8 heteroatoms. The van der Waals surface area contributed by atoms with Gasteiger partial charge in [-0.05, 0) is 98.5 Å². The lowest BCUT2D eigenvalue weighted by Crippen LogP contribution is -2.44. The number of carboxylic acids is 1. The second-order valence-corrected chi connectivity index (χ2v) is 10.6. The van der Waals surface area contributed by atoms with Crippen molar-refractivity contribution in [1.82, 2.24) is 9.88 Å². The predicted molar refractivity (Wildman–Crippen MR) is 144 cm³/mol. The van der Waals surface area contributed by atoms with Crippen molar-refractivity contribution in [2.24, 2.45) is 11.8 Å². The van der Waals surface area contributed by atoms with Crippen LogP contribution < -0.4 is 4.74 Å². The zero-order valence-corrected chi connectivity index (χ0v) is 21.8. The molecule has 1 saturated heterocycles. The highest BCUT2D eigenvalue weighted by molar-refractivity contribution is 7.99. The third-order valence-electron chi connectivity index (χ3n) is 7.12. The van der Waals surface area contributed by atoms with Gasteiger partial charge in [0.05, 0.1) is 30.2 Å². The number of methoxy groups -OCH3 is 1. The number of rotatable bonds is 11. The SMILES string of the molecule is COc1ccc2nccc([C@H](F)CC[C@@H]3CCN(CCCSc4cccc(C#N)c4)C[C@@H]3C(=O)O)c2c1. The van der Waals surface area contributed by atoms with Crippen LogP contribution in [0.25, 0.3) is 10.9 Å². The summed E-state index contributed by atoms with van der Waals surface area (Å²) in [6.07, 6.45) is 2.93. The Hall–Kier alpha value is -3.15. The number of piperidine rings is 1. The van der Waals surface area contributed by atoms with Crippen LogP contribution >= 0.6 is 11.8 Å². The fraction of sp³-hybridized carbons (Fsp3) is 0.414. The molecule has 6 nitrogen and oxygen atoms in total. The maximum atomic E-state index is 15.4. The number of hydrogen-bond donors (Lipinski definition) is 1. The summed E-state index contributed by atoms with van der Waals surface area (Å²) in [6, 6.07) is 16.9. The Bertz CT molecular complexity index is 1260. The molecule has 3 aromatic rings. The molecule has 2 heterocycles. The molecule has 1 aliphatic heterocycles. The van der Waals surface area contributed by atoms with Gasteiger partial charge >= 0.3 is 5.97 Å². The molecule has 0 bridgehead atoms. The summed E-state index contributed by atoms with van der Waals surface area (Å²) in [5.41, 5.74) is 1.95. The van der Waals surface area contributed by atoms with E-state index in [2.05, 4.69) is 16.0 Å². The number of halogens is 1. The second kappa shape index (κ2) is 12.9. The number of pyridine rings is 1. The average molecular weight is 522 g/mol. The standard InChI is InChI=1S/C29H32FN3O3S/c1-36-22-7-9-28-25(17-22)24(10-12-32-28)27(30)8-6-21-11-14-33(19-26(21)29(34)35)13-3-15-37-23-5-2-4-20(16-23)18-31/h2,4-5,7,9-10,12,16-17,21,26-27H,3,6,8,11,13-15,19H2,1H3,(H,34,35)/t21-,26+,27-/m1/s1. The number of carbonyl (C=O) groups is 1. The first-order valence-corrected chi connectivity index (χ1v) is 13.6. The van der Waals surface area contributed by atoms with Crippen molar-refractivity contribution < 1.29 is 19.0 Å². The number of benzene rings is 2. The number of aliphatic carboxylic acids is 1. The molecule has 37 heavy (non-hydrogen) atoms. The van der Waals surface area contributed by atoms with E-state index >= 15 is 4.39 Å². The Morgan fingerprint density at radius 3 is 2.97 bits per heavy atom. The second-order valence-electron chi connectivity index (χ2n) is 9.46. The lowest BCUT2D eigenvalue weighted by atomic mass is 9.81. The molecule has 1 aliphatic rings. The summed E-state index contributed by atoms with van der Waals surface area (Å²) in [6.45, 7) is 2.16. The van der Waals surface area contributed by atoms with Gasteiger partial charge in [-0.3, -0.25) is 9.78 Å². The van der Waals surface area contributed by atoms with Gasteiger partial charge in [-0.2, -0.15) is 5.26 Å². The van der Waals surface area contributed by atoms with E-state index in [1.807, 2.05) is 30.3 Å². The van der Waals surface area contributed by atoms with Gasteiger partial charge in [-0.1, -0.05) is 6.07 Å². The first-order chi connectivity index (χ1) is 18.0. The van der Waals surface area contributed by atoms with Gasteiger partial charge in [0.25, 0.3) is 0 Å². The van der Waals surface area contributed by atoms with E-state index < -0.39 is 18.1 Å². The normalized spacial score (nSPS) is 18.8. The van der Waals surface area contributed by atoms with Gasteiger partial charge < -0.3 is 14.7 Å². The van der Waals surface area contributed by atoms with E-state index in [9.17, 15) is 9.90 Å². The van der Waals surface area contributed by atoms with Gasteiger partial charge in [0.1, 0.15) is 11.9 Å². The molecule has 3 atom stereocenters. The number of thioether (sulfide) groups is 1. The van der Waals surface area contributed by atoms with Crippen LogP contribution in [-0.4, -0.2) is 53.5 Å². The quantitative estimate of drug-likeness (QED) is 0.241. The Morgan fingerprint density at radius 2 is 2.19 bits per heavy atom. The van der Waals surface area contributed by atoms with Crippen LogP contribution in [0.1, 0.15) is 43.0 Å². The number of carboxylic acid groups (broad SMARTS) is 1. The molecule has 194 valence electrons. The summed E-state index contributed by atoms with van der Waals surface area (Å²) in [4.78, 5) is 19.7. The molecule has 1 N–H and O–H groups in total. The lowest BCUT2D eigenvalue weighted by molar-refractivity contribution is -0.146. The van der Waals surface area contributed by atoms with Crippen molar-refractivity contribution in [1.29, 1.82) is 5.26 Å². The van der Waals surface area contributed by atoms with Crippen LogP contribution in [0.4, 0.5) is 4.39 Å². The summed E-state index contributed by atoms with van der Waals surface area (Å²) in [5, 5.41) is 19.7. The van der Waals surface area contributed by atoms with E-state index in [1.54, 1.807) is 43.3 Å². The summed E-state index contributed by atoms with van der Waals surface area (Å²) in [7, 11) is 1.58. The van der Waals surface area contributed by atoms with Crippen molar-refractivity contribution in [2.75, 3.05) is 32.5 Å². The van der Waals surface area contributed by atoms with Crippen molar-refractivity contribution in [3.8, 4) is 11.8 Å². The lowest BCUT2D eigenvalue weighted by Gasteiger charge is -2.36. The molecule has 0 radical (unpaired) electrons. The highest BCUT2D eigenvalue weighted by atomic mass is 32.2. The number of nitriles is 1. The Kier molecular flexibility index (Phi) is 9.37. The highest BCUT2D eigenvalue weighted by Gasteiger charge is 2.34. The highest BCUT2D eigenvalue weighted by Crippen LogP contribution is 2.35. The van der Waals surface area contributed by atoms with Crippen molar-refractivity contribution >= 4 is 28.6 Å². The molecular formula is C29H32FN3O3S. The largest absolute Gasteiger partial charge is 0.497 e. The van der Waals surface area contributed by atoms with Gasteiger partial charge in [0.15, 0.2) is 0 Å². The van der Waals surface area contributed by atoms with E-state index in [-0.39, 0.29) is 12.3 Å². The third-order valence-corrected chi connectivity index (χ3v) is 8.20. The molecule has 2 aromatic carbocycles. The van der Waals surface area contributed by atoms with Crippen LogP contribution in [-0.2, 0) is 4.79 Å². The number of nitrogens with zero attached hydrogens (tertiary/aromatic N) is 3. The van der Waals surface area contributed by atoms with E-state index in [4.69, 9.17) is 10.00 Å². The van der Waals surface area contributed by atoms with E-state index in [1.165, 1.54) is 0 Å².